The number of nitrogens with zero attached hydrogens (tertiary/aromatic N) is 1. The number of hydrogen-bond acceptors (Lipinski definition) is 4. The van der Waals surface area contributed by atoms with Crippen LogP contribution in [0, 0.1) is 0 Å². The molecule has 1 saturated heterocycles. The molecule has 3 aromatic rings. The molecule has 0 aliphatic carbocycles. The molecule has 1 aliphatic rings. The van der Waals surface area contributed by atoms with Crippen LogP contribution in [0.1, 0.15) is 46.9 Å². The van der Waals surface area contributed by atoms with Crippen molar-refractivity contribution in [3.8, 4) is 0 Å². The zero-order valence-electron chi connectivity index (χ0n) is 19.0. The molecule has 1 amide bonds. The average molecular weight is 444 g/mol. The number of anilines is 1. The minimum Gasteiger partial charge on any atom is -0.398 e. The van der Waals surface area contributed by atoms with Crippen LogP contribution < -0.4 is 11.1 Å². The monoisotopic (exact) mass is 443 g/mol. The van der Waals surface area contributed by atoms with E-state index in [9.17, 15) is 4.79 Å². The van der Waals surface area contributed by atoms with Crippen LogP contribution in [0.4, 0.5) is 5.69 Å². The first kappa shape index (κ1) is 23.0. The molecule has 0 atom stereocenters. The molecule has 1 aliphatic heterocycles. The number of para-hydroxylation sites is 1. The van der Waals surface area contributed by atoms with Crippen molar-refractivity contribution in [2.24, 2.45) is 0 Å². The molecule has 3 N–H and O–H groups in total. The van der Waals surface area contributed by atoms with Gasteiger partial charge in [-0.25, -0.2) is 0 Å². The van der Waals surface area contributed by atoms with Crippen LogP contribution in [-0.4, -0.2) is 43.1 Å². The molecule has 0 saturated carbocycles. The summed E-state index contributed by atoms with van der Waals surface area (Å²) in [4.78, 5) is 14.7. The molecule has 172 valence electrons. The molecule has 0 spiro atoms. The van der Waals surface area contributed by atoms with Gasteiger partial charge in [0, 0.05) is 25.3 Å². The summed E-state index contributed by atoms with van der Waals surface area (Å²) in [6.07, 6.45) is 3.16. The second-order valence-corrected chi connectivity index (χ2v) is 8.58. The Bertz CT molecular complexity index is 962. The first-order chi connectivity index (χ1) is 16.2. The Morgan fingerprint density at radius 2 is 1.48 bits per heavy atom. The Morgan fingerprint density at radius 1 is 0.909 bits per heavy atom. The van der Waals surface area contributed by atoms with Crippen molar-refractivity contribution < 1.29 is 9.53 Å². The molecule has 1 fully saturated rings. The van der Waals surface area contributed by atoms with Gasteiger partial charge in [0.15, 0.2) is 0 Å². The normalized spacial score (nSPS) is 14.9. The van der Waals surface area contributed by atoms with Gasteiger partial charge in [-0.1, -0.05) is 72.8 Å². The van der Waals surface area contributed by atoms with Crippen LogP contribution in [0.25, 0.3) is 0 Å². The maximum atomic E-state index is 12.3. The quantitative estimate of drug-likeness (QED) is 0.373. The second kappa shape index (κ2) is 11.6. The molecular weight excluding hydrogens is 410 g/mol. The van der Waals surface area contributed by atoms with Crippen molar-refractivity contribution in [2.75, 3.05) is 31.9 Å². The molecule has 1 heterocycles. The molecule has 0 aromatic heterocycles. The summed E-state index contributed by atoms with van der Waals surface area (Å²) in [6, 6.07) is 28.1. The number of piperidine rings is 1. The molecular formula is C28H33N3O2. The third kappa shape index (κ3) is 6.44. The number of amides is 1. The van der Waals surface area contributed by atoms with Crippen molar-refractivity contribution in [3.63, 3.8) is 0 Å². The Labute approximate surface area is 196 Å². The number of carbonyl (C=O) groups is 1. The number of hydrogen-bond donors (Lipinski definition) is 2. The fourth-order valence-electron chi connectivity index (χ4n) is 4.37. The number of benzene rings is 3. The minimum atomic E-state index is -0.104. The lowest BCUT2D eigenvalue weighted by Crippen LogP contribution is -2.39. The summed E-state index contributed by atoms with van der Waals surface area (Å²) in [6.45, 7) is 3.65. The number of carbonyl (C=O) groups excluding carboxylic acids is 1. The number of nitrogens with one attached hydrogen (secondary N) is 1. The summed E-state index contributed by atoms with van der Waals surface area (Å²) >= 11 is 0. The zero-order valence-corrected chi connectivity index (χ0v) is 19.0. The highest BCUT2D eigenvalue weighted by atomic mass is 16.5. The summed E-state index contributed by atoms with van der Waals surface area (Å²) in [5.41, 5.74) is 9.33. The van der Waals surface area contributed by atoms with E-state index < -0.39 is 0 Å². The van der Waals surface area contributed by atoms with Crippen molar-refractivity contribution >= 4 is 11.6 Å². The Balaban J connectivity index is 1.22. The molecule has 0 radical (unpaired) electrons. The number of likely N-dealkylation sites (tertiary alicyclic amines) is 1. The van der Waals surface area contributed by atoms with Gasteiger partial charge in [-0.3, -0.25) is 4.79 Å². The zero-order chi connectivity index (χ0) is 22.9. The highest BCUT2D eigenvalue weighted by molar-refractivity contribution is 5.99. The maximum absolute atomic E-state index is 12.3. The predicted octanol–water partition coefficient (Wildman–Crippen LogP) is 4.66. The molecule has 0 bridgehead atoms. The third-order valence-corrected chi connectivity index (χ3v) is 6.21. The van der Waals surface area contributed by atoms with Crippen molar-refractivity contribution in [2.45, 2.75) is 31.5 Å². The average Bonchev–Trinajstić information content (AvgIpc) is 2.87. The Hall–Kier alpha value is -3.15. The lowest BCUT2D eigenvalue weighted by molar-refractivity contribution is -0.0269. The van der Waals surface area contributed by atoms with Crippen LogP contribution in [0.15, 0.2) is 84.9 Å². The van der Waals surface area contributed by atoms with E-state index in [1.807, 2.05) is 24.3 Å². The van der Waals surface area contributed by atoms with Gasteiger partial charge in [0.05, 0.1) is 11.7 Å². The van der Waals surface area contributed by atoms with Crippen LogP contribution in [0.5, 0.6) is 0 Å². The van der Waals surface area contributed by atoms with Gasteiger partial charge in [-0.05, 0) is 49.1 Å². The predicted molar refractivity (Wildman–Crippen MR) is 133 cm³/mol. The maximum Gasteiger partial charge on any atom is 0.253 e. The van der Waals surface area contributed by atoms with Gasteiger partial charge < -0.3 is 20.7 Å². The summed E-state index contributed by atoms with van der Waals surface area (Å²) in [5, 5.41) is 2.98. The molecule has 0 unspecified atom stereocenters. The van der Waals surface area contributed by atoms with E-state index in [4.69, 9.17) is 10.5 Å². The fourth-order valence-corrected chi connectivity index (χ4v) is 4.37. The lowest BCUT2D eigenvalue weighted by Gasteiger charge is -2.34. The summed E-state index contributed by atoms with van der Waals surface area (Å²) < 4.78 is 6.63. The van der Waals surface area contributed by atoms with Gasteiger partial charge in [0.1, 0.15) is 6.10 Å². The number of ether oxygens (including phenoxy) is 1. The number of nitrogens with two attached hydrogens (primary N) is 1. The van der Waals surface area contributed by atoms with Crippen LogP contribution in [0.3, 0.4) is 0 Å². The van der Waals surface area contributed by atoms with Crippen LogP contribution in [0.2, 0.25) is 0 Å². The van der Waals surface area contributed by atoms with E-state index in [0.717, 1.165) is 38.9 Å². The van der Waals surface area contributed by atoms with Crippen molar-refractivity contribution in [1.82, 2.24) is 10.2 Å². The first-order valence-corrected chi connectivity index (χ1v) is 11.8. The molecule has 5 nitrogen and oxygen atoms in total. The highest BCUT2D eigenvalue weighted by Crippen LogP contribution is 2.30. The summed E-state index contributed by atoms with van der Waals surface area (Å²) in [5.74, 6) is -0.104. The Kier molecular flexibility index (Phi) is 8.12. The number of nitrogen functional groups attached to an aromatic ring is 1. The van der Waals surface area contributed by atoms with Crippen LogP contribution in [-0.2, 0) is 4.74 Å². The van der Waals surface area contributed by atoms with Gasteiger partial charge in [-0.2, -0.15) is 0 Å². The van der Waals surface area contributed by atoms with Crippen molar-refractivity contribution in [3.05, 3.63) is 102 Å². The minimum absolute atomic E-state index is 0.0374. The second-order valence-electron chi connectivity index (χ2n) is 8.58. The fraction of sp³-hybridized carbons (Fsp3) is 0.321. The van der Waals surface area contributed by atoms with E-state index in [2.05, 4.69) is 58.7 Å². The Morgan fingerprint density at radius 3 is 2.09 bits per heavy atom. The molecule has 5 heteroatoms. The van der Waals surface area contributed by atoms with Gasteiger partial charge in [-0.15, -0.1) is 0 Å². The standard InChI is InChI=1S/C28H33N3O2/c29-26-15-8-7-14-25(26)28(32)30-18-9-19-31-20-16-24(17-21-31)33-27(22-10-3-1-4-11-22)23-12-5-2-6-13-23/h1-8,10-15,24,27H,9,16-21,29H2,(H,30,32). The van der Waals surface area contributed by atoms with Gasteiger partial charge in [0.2, 0.25) is 0 Å². The van der Waals surface area contributed by atoms with E-state index >= 15 is 0 Å². The van der Waals surface area contributed by atoms with E-state index in [-0.39, 0.29) is 18.1 Å². The van der Waals surface area contributed by atoms with Crippen LogP contribution >= 0.6 is 0 Å². The third-order valence-electron chi connectivity index (χ3n) is 6.21. The van der Waals surface area contributed by atoms with E-state index in [1.54, 1.807) is 12.1 Å². The molecule has 33 heavy (non-hydrogen) atoms. The van der Waals surface area contributed by atoms with E-state index in [1.165, 1.54) is 11.1 Å². The van der Waals surface area contributed by atoms with Gasteiger partial charge in [0.25, 0.3) is 5.91 Å². The first-order valence-electron chi connectivity index (χ1n) is 11.8. The summed E-state index contributed by atoms with van der Waals surface area (Å²) in [7, 11) is 0. The smallest absolute Gasteiger partial charge is 0.253 e. The lowest BCUT2D eigenvalue weighted by atomic mass is 10.00. The number of rotatable bonds is 9. The van der Waals surface area contributed by atoms with Crippen molar-refractivity contribution in [1.29, 1.82) is 0 Å². The highest BCUT2D eigenvalue weighted by Gasteiger charge is 2.24. The molecule has 4 rings (SSSR count). The van der Waals surface area contributed by atoms with Gasteiger partial charge >= 0.3 is 0 Å². The topological polar surface area (TPSA) is 67.6 Å². The molecule has 3 aromatic carbocycles. The van der Waals surface area contributed by atoms with E-state index in [0.29, 0.717) is 17.8 Å². The largest absolute Gasteiger partial charge is 0.398 e. The SMILES string of the molecule is Nc1ccccc1C(=O)NCCCN1CCC(OC(c2ccccc2)c2ccccc2)CC1.